The summed E-state index contributed by atoms with van der Waals surface area (Å²) in [6, 6.07) is 10.4. The van der Waals surface area contributed by atoms with Crippen LogP contribution in [0.2, 0.25) is 0 Å². The van der Waals surface area contributed by atoms with E-state index < -0.39 is 0 Å². The number of hydrogen-bond donors (Lipinski definition) is 2. The van der Waals surface area contributed by atoms with Crippen LogP contribution in [-0.2, 0) is 9.47 Å². The number of guanidine groups is 1. The number of aliphatic imine (C=N–C) groups is 1. The molecule has 2 heterocycles. The minimum Gasteiger partial charge on any atom is -0.494 e. The molecule has 0 aliphatic carbocycles. The normalized spacial score (nSPS) is 22.0. The van der Waals surface area contributed by atoms with E-state index in [0.717, 1.165) is 77.2 Å². The van der Waals surface area contributed by atoms with Gasteiger partial charge in [0.25, 0.3) is 0 Å². The number of hydrogen-bond acceptors (Lipinski definition) is 5. The monoisotopic (exact) mass is 390 g/mol. The van der Waals surface area contributed by atoms with E-state index in [4.69, 9.17) is 14.2 Å². The summed E-state index contributed by atoms with van der Waals surface area (Å²) in [5.74, 6) is 2.33. The predicted molar refractivity (Wildman–Crippen MR) is 111 cm³/mol. The highest BCUT2D eigenvalue weighted by Crippen LogP contribution is 2.21. The lowest BCUT2D eigenvalue weighted by Gasteiger charge is -2.37. The second-order valence-corrected chi connectivity index (χ2v) is 7.23. The second kappa shape index (κ2) is 11.9. The Morgan fingerprint density at radius 3 is 2.71 bits per heavy atom. The maximum absolute atomic E-state index is 5.73. The minimum atomic E-state index is 0.450. The number of rotatable bonds is 9. The summed E-state index contributed by atoms with van der Waals surface area (Å²) in [6.07, 6.45) is 2.05. The Bertz CT molecular complexity index is 572. The fourth-order valence-electron chi connectivity index (χ4n) is 3.77. The first-order chi connectivity index (χ1) is 13.9. The zero-order chi connectivity index (χ0) is 19.4. The zero-order valence-corrected chi connectivity index (χ0v) is 16.9. The largest absolute Gasteiger partial charge is 0.494 e. The van der Waals surface area contributed by atoms with Crippen molar-refractivity contribution in [2.75, 3.05) is 66.3 Å². The first-order valence-electron chi connectivity index (χ1n) is 10.4. The number of nitrogens with one attached hydrogen (secondary N) is 2. The van der Waals surface area contributed by atoms with E-state index >= 15 is 0 Å². The SMILES string of the molecule is CN=C(NCCCOc1ccccc1)NCC(C1CCOC1)N1CCOCC1. The number of ether oxygens (including phenoxy) is 3. The van der Waals surface area contributed by atoms with Crippen LogP contribution in [0.15, 0.2) is 35.3 Å². The lowest BCUT2D eigenvalue weighted by atomic mass is 9.97. The van der Waals surface area contributed by atoms with Gasteiger partial charge in [0.1, 0.15) is 5.75 Å². The summed E-state index contributed by atoms with van der Waals surface area (Å²) in [6.45, 7) is 7.72. The van der Waals surface area contributed by atoms with E-state index in [2.05, 4.69) is 20.5 Å². The van der Waals surface area contributed by atoms with E-state index in [9.17, 15) is 0 Å². The molecule has 0 saturated carbocycles. The van der Waals surface area contributed by atoms with E-state index in [1.807, 2.05) is 37.4 Å². The highest BCUT2D eigenvalue weighted by molar-refractivity contribution is 5.79. The van der Waals surface area contributed by atoms with Crippen LogP contribution in [0.4, 0.5) is 0 Å². The molecule has 2 aliphatic rings. The molecule has 2 unspecified atom stereocenters. The van der Waals surface area contributed by atoms with Crippen LogP contribution in [0, 0.1) is 5.92 Å². The van der Waals surface area contributed by atoms with Crippen molar-refractivity contribution < 1.29 is 14.2 Å². The molecule has 2 N–H and O–H groups in total. The summed E-state index contributed by atoms with van der Waals surface area (Å²) in [5, 5.41) is 6.90. The van der Waals surface area contributed by atoms with Gasteiger partial charge in [0, 0.05) is 51.8 Å². The van der Waals surface area contributed by atoms with Gasteiger partial charge in [0.15, 0.2) is 5.96 Å². The number of nitrogens with zero attached hydrogens (tertiary/aromatic N) is 2. The molecule has 2 aliphatic heterocycles. The molecule has 7 nitrogen and oxygen atoms in total. The smallest absolute Gasteiger partial charge is 0.191 e. The topological polar surface area (TPSA) is 67.4 Å². The minimum absolute atomic E-state index is 0.450. The van der Waals surface area contributed by atoms with Gasteiger partial charge < -0.3 is 24.8 Å². The molecular weight excluding hydrogens is 356 g/mol. The predicted octanol–water partition coefficient (Wildman–Crippen LogP) is 1.36. The Balaban J connectivity index is 1.38. The summed E-state index contributed by atoms with van der Waals surface area (Å²) in [4.78, 5) is 6.91. The van der Waals surface area contributed by atoms with Gasteiger partial charge in [-0.2, -0.15) is 0 Å². The lowest BCUT2D eigenvalue weighted by Crippen LogP contribution is -2.53. The van der Waals surface area contributed by atoms with Gasteiger partial charge in [-0.25, -0.2) is 0 Å². The molecule has 0 bridgehead atoms. The van der Waals surface area contributed by atoms with E-state index in [0.29, 0.717) is 18.6 Å². The number of para-hydroxylation sites is 1. The van der Waals surface area contributed by atoms with Crippen LogP contribution < -0.4 is 15.4 Å². The molecule has 1 aromatic rings. The third kappa shape index (κ3) is 6.65. The van der Waals surface area contributed by atoms with Crippen molar-refractivity contribution in [3.63, 3.8) is 0 Å². The van der Waals surface area contributed by atoms with Crippen molar-refractivity contribution in [1.29, 1.82) is 0 Å². The number of morpholine rings is 1. The zero-order valence-electron chi connectivity index (χ0n) is 16.9. The van der Waals surface area contributed by atoms with E-state index in [-0.39, 0.29) is 0 Å². The first-order valence-corrected chi connectivity index (χ1v) is 10.4. The number of benzene rings is 1. The summed E-state index contributed by atoms with van der Waals surface area (Å²) >= 11 is 0. The molecule has 3 rings (SSSR count). The van der Waals surface area contributed by atoms with Gasteiger partial charge in [0.2, 0.25) is 0 Å². The van der Waals surface area contributed by atoms with Crippen LogP contribution in [-0.4, -0.2) is 83.2 Å². The molecule has 2 fully saturated rings. The van der Waals surface area contributed by atoms with Crippen LogP contribution in [0.25, 0.3) is 0 Å². The standard InChI is InChI=1S/C21H34N4O3/c1-22-21(23-9-5-12-28-19-6-3-2-4-7-19)24-16-20(18-8-13-27-17-18)25-10-14-26-15-11-25/h2-4,6-7,18,20H,5,8-17H2,1H3,(H2,22,23,24). The maximum atomic E-state index is 5.73. The molecule has 7 heteroatoms. The van der Waals surface area contributed by atoms with Crippen molar-refractivity contribution >= 4 is 5.96 Å². The Morgan fingerprint density at radius 2 is 2.00 bits per heavy atom. The van der Waals surface area contributed by atoms with Gasteiger partial charge in [-0.1, -0.05) is 18.2 Å². The van der Waals surface area contributed by atoms with Crippen LogP contribution >= 0.6 is 0 Å². The molecule has 0 aromatic heterocycles. The summed E-state index contributed by atoms with van der Waals surface area (Å²) in [5.41, 5.74) is 0. The van der Waals surface area contributed by atoms with Crippen LogP contribution in [0.5, 0.6) is 5.75 Å². The second-order valence-electron chi connectivity index (χ2n) is 7.23. The van der Waals surface area contributed by atoms with E-state index in [1.54, 1.807) is 0 Å². The average Bonchev–Trinajstić information content (AvgIpc) is 3.28. The maximum Gasteiger partial charge on any atom is 0.191 e. The summed E-state index contributed by atoms with van der Waals surface area (Å²) < 4.78 is 16.9. The molecule has 0 spiro atoms. The van der Waals surface area contributed by atoms with Crippen molar-refractivity contribution in [1.82, 2.24) is 15.5 Å². The molecule has 156 valence electrons. The Morgan fingerprint density at radius 1 is 1.18 bits per heavy atom. The quantitative estimate of drug-likeness (QED) is 0.377. The van der Waals surface area contributed by atoms with Gasteiger partial charge in [-0.05, 0) is 25.0 Å². The van der Waals surface area contributed by atoms with Gasteiger partial charge >= 0.3 is 0 Å². The molecule has 1 aromatic carbocycles. The van der Waals surface area contributed by atoms with Crippen molar-refractivity contribution in [2.45, 2.75) is 18.9 Å². The Labute approximate surface area is 168 Å². The first kappa shape index (κ1) is 20.9. The van der Waals surface area contributed by atoms with Crippen LogP contribution in [0.3, 0.4) is 0 Å². The molecular formula is C21H34N4O3. The van der Waals surface area contributed by atoms with Crippen molar-refractivity contribution in [2.24, 2.45) is 10.9 Å². The summed E-state index contributed by atoms with van der Waals surface area (Å²) in [7, 11) is 1.82. The molecule has 28 heavy (non-hydrogen) atoms. The fraction of sp³-hybridized carbons (Fsp3) is 0.667. The van der Waals surface area contributed by atoms with Gasteiger partial charge in [0.05, 0.1) is 26.4 Å². The van der Waals surface area contributed by atoms with Crippen molar-refractivity contribution in [3.8, 4) is 5.75 Å². The van der Waals surface area contributed by atoms with Gasteiger partial charge in [-0.15, -0.1) is 0 Å². The average molecular weight is 391 g/mol. The Hall–Kier alpha value is -1.83. The van der Waals surface area contributed by atoms with Gasteiger partial charge in [-0.3, -0.25) is 9.89 Å². The highest BCUT2D eigenvalue weighted by atomic mass is 16.5. The third-order valence-corrected chi connectivity index (χ3v) is 5.35. The van der Waals surface area contributed by atoms with Crippen LogP contribution in [0.1, 0.15) is 12.8 Å². The molecule has 0 radical (unpaired) electrons. The van der Waals surface area contributed by atoms with E-state index in [1.165, 1.54) is 0 Å². The Kier molecular flexibility index (Phi) is 8.87. The highest BCUT2D eigenvalue weighted by Gasteiger charge is 2.31. The lowest BCUT2D eigenvalue weighted by molar-refractivity contribution is 0.00246. The fourth-order valence-corrected chi connectivity index (χ4v) is 3.77. The molecule has 2 saturated heterocycles. The van der Waals surface area contributed by atoms with Crippen molar-refractivity contribution in [3.05, 3.63) is 30.3 Å². The molecule has 2 atom stereocenters. The molecule has 0 amide bonds. The third-order valence-electron chi connectivity index (χ3n) is 5.35.